The van der Waals surface area contributed by atoms with E-state index in [2.05, 4.69) is 32.9 Å². The van der Waals surface area contributed by atoms with Crippen LogP contribution in [0.5, 0.6) is 0 Å². The van der Waals surface area contributed by atoms with Gasteiger partial charge in [0.1, 0.15) is 13.2 Å². The molecule has 0 radical (unpaired) electrons. The molecule has 0 aliphatic rings. The maximum Gasteiger partial charge on any atom is 0.306 e. The van der Waals surface area contributed by atoms with E-state index in [1.54, 1.807) is 0 Å². The van der Waals surface area contributed by atoms with Gasteiger partial charge in [0.05, 0.1) is 0 Å². The van der Waals surface area contributed by atoms with Crippen LogP contribution in [0.1, 0.15) is 367 Å². The van der Waals surface area contributed by atoms with Gasteiger partial charge >= 0.3 is 17.9 Å². The van der Waals surface area contributed by atoms with Crippen molar-refractivity contribution >= 4 is 17.9 Å². The maximum atomic E-state index is 12.9. The summed E-state index contributed by atoms with van der Waals surface area (Å²) in [7, 11) is 0. The summed E-state index contributed by atoms with van der Waals surface area (Å²) in [4.78, 5) is 38.2. The summed E-state index contributed by atoms with van der Waals surface area (Å²) in [6.07, 6.45) is 70.9. The lowest BCUT2D eigenvalue weighted by atomic mass is 10.0. The van der Waals surface area contributed by atoms with Gasteiger partial charge in [-0.3, -0.25) is 14.4 Å². The molecule has 0 amide bonds. The van der Waals surface area contributed by atoms with Crippen LogP contribution >= 0.6 is 0 Å². The predicted octanol–water partition coefficient (Wildman–Crippen LogP) is 21.7. The van der Waals surface area contributed by atoms with E-state index in [4.69, 9.17) is 14.2 Å². The van der Waals surface area contributed by atoms with Crippen molar-refractivity contribution in [3.05, 3.63) is 12.2 Å². The molecule has 0 aromatic carbocycles. The Labute approximate surface area is 443 Å². The summed E-state index contributed by atoms with van der Waals surface area (Å²) in [6, 6.07) is 0. The lowest BCUT2D eigenvalue weighted by Gasteiger charge is -2.18. The van der Waals surface area contributed by atoms with E-state index in [0.29, 0.717) is 19.3 Å². The SMILES string of the molecule is CCCCCCCCCC/C=C\CCCCCCCCCCCCCCCCCC(=O)OCC(COC(=O)CCCCCCCCCCCCC)OC(=O)CCCCCCCCCCCCCCCCC. The first-order chi connectivity index (χ1) is 35.0. The Morgan fingerprint density at radius 2 is 0.465 bits per heavy atom. The second-order valence-corrected chi connectivity index (χ2v) is 22.0. The summed E-state index contributed by atoms with van der Waals surface area (Å²) >= 11 is 0. The van der Waals surface area contributed by atoms with Crippen LogP contribution in [0.25, 0.3) is 0 Å². The highest BCUT2D eigenvalue weighted by molar-refractivity contribution is 5.71. The highest BCUT2D eigenvalue weighted by atomic mass is 16.6. The Kier molecular flexibility index (Phi) is 59.1. The Morgan fingerprint density at radius 1 is 0.268 bits per heavy atom. The van der Waals surface area contributed by atoms with Gasteiger partial charge in [0, 0.05) is 19.3 Å². The molecule has 1 unspecified atom stereocenters. The number of ether oxygens (including phenoxy) is 3. The molecule has 1 atom stereocenters. The third-order valence-electron chi connectivity index (χ3n) is 14.8. The number of unbranched alkanes of at least 4 members (excludes halogenated alkanes) is 47. The summed E-state index contributed by atoms with van der Waals surface area (Å²) in [5, 5.41) is 0. The lowest BCUT2D eigenvalue weighted by Crippen LogP contribution is -2.30. The molecule has 71 heavy (non-hydrogen) atoms. The summed E-state index contributed by atoms with van der Waals surface area (Å²) in [6.45, 7) is 6.70. The molecule has 0 rings (SSSR count). The van der Waals surface area contributed by atoms with Crippen LogP contribution in [0.3, 0.4) is 0 Å². The third-order valence-corrected chi connectivity index (χ3v) is 14.8. The van der Waals surface area contributed by atoms with Crippen molar-refractivity contribution in [2.75, 3.05) is 13.2 Å². The van der Waals surface area contributed by atoms with Crippen LogP contribution in [-0.4, -0.2) is 37.2 Å². The zero-order chi connectivity index (χ0) is 51.4. The molecule has 0 fully saturated rings. The van der Waals surface area contributed by atoms with Gasteiger partial charge < -0.3 is 14.2 Å². The van der Waals surface area contributed by atoms with Crippen molar-refractivity contribution < 1.29 is 28.6 Å². The Bertz CT molecular complexity index is 1100. The molecular weight excluding hydrogens is 877 g/mol. The number of hydrogen-bond acceptors (Lipinski definition) is 6. The van der Waals surface area contributed by atoms with E-state index >= 15 is 0 Å². The normalized spacial score (nSPS) is 12.0. The number of allylic oxidation sites excluding steroid dienone is 2. The quantitative estimate of drug-likeness (QED) is 0.0261. The number of hydrogen-bond donors (Lipinski definition) is 0. The molecular formula is C65H124O6. The van der Waals surface area contributed by atoms with Crippen molar-refractivity contribution in [1.82, 2.24) is 0 Å². The molecule has 0 aliphatic heterocycles. The molecule has 0 N–H and O–H groups in total. The second-order valence-electron chi connectivity index (χ2n) is 22.0. The van der Waals surface area contributed by atoms with E-state index < -0.39 is 6.10 Å². The lowest BCUT2D eigenvalue weighted by molar-refractivity contribution is -0.167. The minimum absolute atomic E-state index is 0.0630. The fourth-order valence-corrected chi connectivity index (χ4v) is 9.91. The largest absolute Gasteiger partial charge is 0.462 e. The molecule has 0 bridgehead atoms. The van der Waals surface area contributed by atoms with Crippen LogP contribution in [-0.2, 0) is 28.6 Å². The first-order valence-electron chi connectivity index (χ1n) is 32.2. The molecule has 0 saturated carbocycles. The van der Waals surface area contributed by atoms with Crippen LogP contribution in [0, 0.1) is 0 Å². The van der Waals surface area contributed by atoms with E-state index in [1.807, 2.05) is 0 Å². The molecule has 420 valence electrons. The van der Waals surface area contributed by atoms with Crippen LogP contribution < -0.4 is 0 Å². The Balaban J connectivity index is 4.13. The fourth-order valence-electron chi connectivity index (χ4n) is 9.91. The maximum absolute atomic E-state index is 12.9. The predicted molar refractivity (Wildman–Crippen MR) is 307 cm³/mol. The van der Waals surface area contributed by atoms with E-state index in [-0.39, 0.29) is 31.1 Å². The number of carbonyl (C=O) groups is 3. The number of esters is 3. The molecule has 0 aromatic rings. The molecule has 0 aliphatic carbocycles. The first-order valence-corrected chi connectivity index (χ1v) is 32.2. The monoisotopic (exact) mass is 1000 g/mol. The van der Waals surface area contributed by atoms with E-state index in [0.717, 1.165) is 57.8 Å². The molecule has 0 heterocycles. The fraction of sp³-hybridized carbons (Fsp3) is 0.923. The van der Waals surface area contributed by atoms with E-state index in [9.17, 15) is 14.4 Å². The van der Waals surface area contributed by atoms with Gasteiger partial charge in [-0.25, -0.2) is 0 Å². The van der Waals surface area contributed by atoms with Crippen molar-refractivity contribution in [1.29, 1.82) is 0 Å². The molecule has 0 spiro atoms. The van der Waals surface area contributed by atoms with Crippen molar-refractivity contribution in [3.63, 3.8) is 0 Å². The third kappa shape index (κ3) is 58.9. The zero-order valence-electron chi connectivity index (χ0n) is 48.3. The van der Waals surface area contributed by atoms with Gasteiger partial charge in [-0.2, -0.15) is 0 Å². The van der Waals surface area contributed by atoms with Crippen molar-refractivity contribution in [3.8, 4) is 0 Å². The van der Waals surface area contributed by atoms with Gasteiger partial charge in [-0.1, -0.05) is 315 Å². The van der Waals surface area contributed by atoms with Crippen molar-refractivity contribution in [2.45, 2.75) is 374 Å². The van der Waals surface area contributed by atoms with Crippen LogP contribution in [0.2, 0.25) is 0 Å². The molecule has 6 nitrogen and oxygen atoms in total. The van der Waals surface area contributed by atoms with Gasteiger partial charge in [0.15, 0.2) is 6.10 Å². The minimum Gasteiger partial charge on any atom is -0.462 e. The molecule has 6 heteroatoms. The number of rotatable bonds is 60. The highest BCUT2D eigenvalue weighted by Gasteiger charge is 2.19. The summed E-state index contributed by atoms with van der Waals surface area (Å²) in [5.74, 6) is -0.835. The zero-order valence-corrected chi connectivity index (χ0v) is 48.3. The summed E-state index contributed by atoms with van der Waals surface area (Å²) < 4.78 is 16.9. The standard InChI is InChI=1S/C65H124O6/c1-4-7-10-13-16-19-22-24-26-27-28-29-30-31-32-33-34-35-36-37-39-40-43-46-49-52-55-58-64(67)70-61-62(60-69-63(66)57-54-51-48-45-42-21-18-15-12-9-6-3)71-65(68)59-56-53-50-47-44-41-38-25-23-20-17-14-11-8-5-2/h27-28,62H,4-26,29-61H2,1-3H3/b28-27-. The van der Waals surface area contributed by atoms with Crippen LogP contribution in [0.4, 0.5) is 0 Å². The second kappa shape index (κ2) is 60.7. The first kappa shape index (κ1) is 69.2. The number of carbonyl (C=O) groups excluding carboxylic acids is 3. The van der Waals surface area contributed by atoms with Gasteiger partial charge in [0.2, 0.25) is 0 Å². The minimum atomic E-state index is -0.763. The molecule has 0 saturated heterocycles. The average molecular weight is 1000 g/mol. The summed E-state index contributed by atoms with van der Waals surface area (Å²) in [5.41, 5.74) is 0. The highest BCUT2D eigenvalue weighted by Crippen LogP contribution is 2.18. The van der Waals surface area contributed by atoms with Crippen molar-refractivity contribution in [2.24, 2.45) is 0 Å². The van der Waals surface area contributed by atoms with Gasteiger partial charge in [-0.15, -0.1) is 0 Å². The Morgan fingerprint density at radius 3 is 0.704 bits per heavy atom. The van der Waals surface area contributed by atoms with E-state index in [1.165, 1.54) is 270 Å². The molecule has 0 aromatic heterocycles. The van der Waals surface area contributed by atoms with Gasteiger partial charge in [-0.05, 0) is 44.9 Å². The smallest absolute Gasteiger partial charge is 0.306 e. The topological polar surface area (TPSA) is 78.9 Å². The van der Waals surface area contributed by atoms with Gasteiger partial charge in [0.25, 0.3) is 0 Å². The average Bonchev–Trinajstić information content (AvgIpc) is 3.37. The Hall–Kier alpha value is -1.85. The van der Waals surface area contributed by atoms with Crippen LogP contribution in [0.15, 0.2) is 12.2 Å².